The minimum atomic E-state index is 0.735. The average Bonchev–Trinajstić information content (AvgIpc) is 2.82. The van der Waals surface area contributed by atoms with Crippen molar-refractivity contribution in [2.45, 2.75) is 20.4 Å². The first-order valence-electron chi connectivity index (χ1n) is 6.13. The van der Waals surface area contributed by atoms with E-state index in [1.54, 1.807) is 0 Å². The molecule has 0 amide bonds. The smallest absolute Gasteiger partial charge is 0.0453 e. The van der Waals surface area contributed by atoms with Crippen LogP contribution in [0.2, 0.25) is 0 Å². The quantitative estimate of drug-likeness (QED) is 0.753. The summed E-state index contributed by atoms with van der Waals surface area (Å²) >= 11 is 3.73. The summed E-state index contributed by atoms with van der Waals surface area (Å²) in [5.41, 5.74) is 0. The zero-order valence-electron chi connectivity index (χ0n) is 10.5. The minimum absolute atomic E-state index is 0.735. The van der Waals surface area contributed by atoms with Gasteiger partial charge in [0.15, 0.2) is 0 Å². The van der Waals surface area contributed by atoms with Crippen LogP contribution in [0.5, 0.6) is 0 Å². The van der Waals surface area contributed by atoms with Gasteiger partial charge in [-0.2, -0.15) is 0 Å². The van der Waals surface area contributed by atoms with Crippen LogP contribution < -0.4 is 10.6 Å². The Labute approximate surface area is 111 Å². The molecule has 2 heterocycles. The maximum Gasteiger partial charge on any atom is 0.0453 e. The number of thiophene rings is 2. The Balaban J connectivity index is 1.64. The van der Waals surface area contributed by atoms with E-state index in [9.17, 15) is 0 Å². The molecule has 17 heavy (non-hydrogen) atoms. The van der Waals surface area contributed by atoms with Gasteiger partial charge in [0.05, 0.1) is 0 Å². The van der Waals surface area contributed by atoms with E-state index in [-0.39, 0.29) is 0 Å². The second kappa shape index (κ2) is 6.50. The maximum atomic E-state index is 3.48. The summed E-state index contributed by atoms with van der Waals surface area (Å²) in [7, 11) is 0. The Bertz CT molecular complexity index is 416. The Morgan fingerprint density at radius 1 is 1.18 bits per heavy atom. The van der Waals surface area contributed by atoms with E-state index >= 15 is 0 Å². The van der Waals surface area contributed by atoms with Crippen molar-refractivity contribution in [3.63, 3.8) is 0 Å². The molecule has 2 aromatic rings. The van der Waals surface area contributed by atoms with Gasteiger partial charge in [0.25, 0.3) is 0 Å². The molecule has 0 aliphatic heterocycles. The van der Waals surface area contributed by atoms with E-state index in [0.29, 0.717) is 0 Å². The molecule has 0 spiro atoms. The number of hydrogen-bond acceptors (Lipinski definition) is 4. The molecule has 0 bridgehead atoms. The second-order valence-electron chi connectivity index (χ2n) is 4.64. The predicted octanol–water partition coefficient (Wildman–Crippen LogP) is 3.30. The number of rotatable bonds is 7. The van der Waals surface area contributed by atoms with Crippen molar-refractivity contribution in [2.24, 2.45) is 5.92 Å². The minimum Gasteiger partial charge on any atom is -0.315 e. The highest BCUT2D eigenvalue weighted by molar-refractivity contribution is 7.26. The van der Waals surface area contributed by atoms with Crippen LogP contribution in [-0.4, -0.2) is 19.6 Å². The third-order valence-corrected chi connectivity index (χ3v) is 4.61. The van der Waals surface area contributed by atoms with Gasteiger partial charge in [-0.3, -0.25) is 0 Å². The fourth-order valence-corrected chi connectivity index (χ4v) is 3.79. The maximum absolute atomic E-state index is 3.48. The van der Waals surface area contributed by atoms with E-state index in [1.807, 2.05) is 22.7 Å². The molecule has 0 saturated heterocycles. The standard InChI is InChI=1S/C13H20N2S2/c1-10(2)8-14-4-5-15-9-11-7-13-12(17-11)3-6-16-13/h3,6-7,10,14-15H,4-5,8-9H2,1-2H3. The fraction of sp³-hybridized carbons (Fsp3) is 0.538. The number of fused-ring (bicyclic) bond motifs is 1. The van der Waals surface area contributed by atoms with E-state index < -0.39 is 0 Å². The van der Waals surface area contributed by atoms with Gasteiger partial charge in [0.2, 0.25) is 0 Å². The summed E-state index contributed by atoms with van der Waals surface area (Å²) in [6, 6.07) is 4.51. The zero-order chi connectivity index (χ0) is 12.1. The number of nitrogens with one attached hydrogen (secondary N) is 2. The molecule has 0 fully saturated rings. The monoisotopic (exact) mass is 268 g/mol. The Morgan fingerprint density at radius 3 is 2.76 bits per heavy atom. The lowest BCUT2D eigenvalue weighted by molar-refractivity contribution is 0.536. The van der Waals surface area contributed by atoms with Crippen LogP contribution in [0.3, 0.4) is 0 Å². The molecule has 0 saturated carbocycles. The van der Waals surface area contributed by atoms with Crippen LogP contribution in [0, 0.1) is 5.92 Å². The fourth-order valence-electron chi connectivity index (χ4n) is 1.68. The van der Waals surface area contributed by atoms with E-state index in [1.165, 1.54) is 14.3 Å². The summed E-state index contributed by atoms with van der Waals surface area (Å²) in [5.74, 6) is 0.735. The second-order valence-corrected chi connectivity index (χ2v) is 6.75. The van der Waals surface area contributed by atoms with Crippen molar-refractivity contribution in [1.29, 1.82) is 0 Å². The molecular weight excluding hydrogens is 248 g/mol. The highest BCUT2D eigenvalue weighted by Gasteiger charge is 2.01. The van der Waals surface area contributed by atoms with Crippen molar-refractivity contribution in [1.82, 2.24) is 10.6 Å². The van der Waals surface area contributed by atoms with Crippen molar-refractivity contribution >= 4 is 32.1 Å². The van der Waals surface area contributed by atoms with Crippen molar-refractivity contribution in [3.05, 3.63) is 22.4 Å². The highest BCUT2D eigenvalue weighted by atomic mass is 32.1. The van der Waals surface area contributed by atoms with Gasteiger partial charge in [0, 0.05) is 33.9 Å². The van der Waals surface area contributed by atoms with Gasteiger partial charge in [-0.25, -0.2) is 0 Å². The molecule has 2 aromatic heterocycles. The molecule has 2 N–H and O–H groups in total. The molecule has 0 aromatic carbocycles. The van der Waals surface area contributed by atoms with Crippen LogP contribution in [0.4, 0.5) is 0 Å². The first-order valence-corrected chi connectivity index (χ1v) is 7.82. The summed E-state index contributed by atoms with van der Waals surface area (Å²) < 4.78 is 2.84. The lowest BCUT2D eigenvalue weighted by Crippen LogP contribution is -2.29. The lowest BCUT2D eigenvalue weighted by atomic mass is 10.2. The molecular formula is C13H20N2S2. The average molecular weight is 268 g/mol. The van der Waals surface area contributed by atoms with E-state index in [4.69, 9.17) is 0 Å². The van der Waals surface area contributed by atoms with Gasteiger partial charge in [-0.1, -0.05) is 13.8 Å². The summed E-state index contributed by atoms with van der Waals surface area (Å²) in [5, 5.41) is 9.08. The van der Waals surface area contributed by atoms with Crippen LogP contribution >= 0.6 is 22.7 Å². The number of hydrogen-bond donors (Lipinski definition) is 2. The summed E-state index contributed by atoms with van der Waals surface area (Å²) in [6.45, 7) is 8.67. The van der Waals surface area contributed by atoms with Crippen molar-refractivity contribution in [2.75, 3.05) is 19.6 Å². The third-order valence-electron chi connectivity index (χ3n) is 2.52. The molecule has 0 aliphatic rings. The molecule has 0 radical (unpaired) electrons. The highest BCUT2D eigenvalue weighted by Crippen LogP contribution is 2.29. The lowest BCUT2D eigenvalue weighted by Gasteiger charge is -2.07. The Morgan fingerprint density at radius 2 is 2.00 bits per heavy atom. The van der Waals surface area contributed by atoms with Gasteiger partial charge >= 0.3 is 0 Å². The first-order chi connectivity index (χ1) is 8.25. The predicted molar refractivity (Wildman–Crippen MR) is 79.1 cm³/mol. The van der Waals surface area contributed by atoms with Gasteiger partial charge in [-0.15, -0.1) is 22.7 Å². The molecule has 0 unspecified atom stereocenters. The Hall–Kier alpha value is -0.420. The van der Waals surface area contributed by atoms with Crippen LogP contribution in [-0.2, 0) is 6.54 Å². The molecule has 2 nitrogen and oxygen atoms in total. The molecule has 2 rings (SSSR count). The van der Waals surface area contributed by atoms with Crippen LogP contribution in [0.1, 0.15) is 18.7 Å². The topological polar surface area (TPSA) is 24.1 Å². The zero-order valence-corrected chi connectivity index (χ0v) is 12.1. The van der Waals surface area contributed by atoms with E-state index in [0.717, 1.165) is 32.1 Å². The molecule has 0 aliphatic carbocycles. The molecule has 94 valence electrons. The normalized spacial score (nSPS) is 11.7. The van der Waals surface area contributed by atoms with Gasteiger partial charge < -0.3 is 10.6 Å². The molecule has 4 heteroatoms. The largest absolute Gasteiger partial charge is 0.315 e. The Kier molecular flexibility index (Phi) is 4.98. The summed E-state index contributed by atoms with van der Waals surface area (Å²) in [4.78, 5) is 1.44. The van der Waals surface area contributed by atoms with Crippen molar-refractivity contribution in [3.8, 4) is 0 Å². The van der Waals surface area contributed by atoms with E-state index in [2.05, 4.69) is 42.0 Å². The van der Waals surface area contributed by atoms with Crippen molar-refractivity contribution < 1.29 is 0 Å². The molecule has 0 atom stereocenters. The van der Waals surface area contributed by atoms with Crippen LogP contribution in [0.25, 0.3) is 9.40 Å². The van der Waals surface area contributed by atoms with Gasteiger partial charge in [0.1, 0.15) is 0 Å². The first kappa shape index (κ1) is 13.0. The van der Waals surface area contributed by atoms with Crippen LogP contribution in [0.15, 0.2) is 17.5 Å². The van der Waals surface area contributed by atoms with Gasteiger partial charge in [-0.05, 0) is 30.0 Å². The summed E-state index contributed by atoms with van der Waals surface area (Å²) in [6.07, 6.45) is 0. The SMILES string of the molecule is CC(C)CNCCNCc1cc2sccc2s1. The third kappa shape index (κ3) is 4.07.